The second-order valence-corrected chi connectivity index (χ2v) is 7.48. The van der Waals surface area contributed by atoms with Crippen LogP contribution in [-0.4, -0.2) is 19.9 Å². The van der Waals surface area contributed by atoms with E-state index in [1.54, 1.807) is 36.6 Å². The van der Waals surface area contributed by atoms with E-state index in [0.29, 0.717) is 17.7 Å². The molecule has 0 spiro atoms. The molecule has 0 saturated heterocycles. The second-order valence-electron chi connectivity index (χ2n) is 6.45. The molecule has 0 aliphatic carbocycles. The molecule has 5 rings (SSSR count). The number of rotatable bonds is 1. The fourth-order valence-corrected chi connectivity index (χ4v) is 4.94. The van der Waals surface area contributed by atoms with Crippen molar-refractivity contribution in [1.82, 2.24) is 4.57 Å². The highest BCUT2D eigenvalue weighted by atomic mass is 32.1. The summed E-state index contributed by atoms with van der Waals surface area (Å²) in [6.45, 7) is 0. The minimum atomic E-state index is 0.00366. The molecule has 0 saturated carbocycles. The van der Waals surface area contributed by atoms with Gasteiger partial charge in [0, 0.05) is 29.8 Å². The average Bonchev–Trinajstić information content (AvgIpc) is 3.12. The van der Waals surface area contributed by atoms with Crippen LogP contribution < -0.4 is 4.90 Å². The third kappa shape index (κ3) is 1.90. The summed E-state index contributed by atoms with van der Waals surface area (Å²) >= 11 is 1.64. The van der Waals surface area contributed by atoms with Crippen molar-refractivity contribution in [3.8, 4) is 17.5 Å². The first-order chi connectivity index (χ1) is 12.6. The topological polar surface area (TPSA) is 68.9 Å². The number of benzene rings is 2. The van der Waals surface area contributed by atoms with Crippen LogP contribution in [0.1, 0.15) is 11.1 Å². The Morgan fingerprint density at radius 2 is 1.73 bits per heavy atom. The Labute approximate surface area is 153 Å². The molecule has 1 aliphatic rings. The number of hydrogen-bond donors (Lipinski definition) is 3. The van der Waals surface area contributed by atoms with Gasteiger partial charge in [0.15, 0.2) is 5.88 Å². The fourth-order valence-electron chi connectivity index (χ4n) is 3.69. The number of phenolic OH excluding ortho intramolecular Hbond substituents is 1. The molecule has 0 fully saturated rings. The molecule has 0 radical (unpaired) electrons. The fraction of sp³-hybridized carbons (Fsp3) is 0.100. The Morgan fingerprint density at radius 1 is 0.923 bits per heavy atom. The Hall–Kier alpha value is -3.12. The van der Waals surface area contributed by atoms with E-state index in [1.165, 1.54) is 4.57 Å². The van der Waals surface area contributed by atoms with Crippen LogP contribution >= 0.6 is 11.3 Å². The molecule has 6 heteroatoms. The van der Waals surface area contributed by atoms with Crippen LogP contribution in [0.4, 0.5) is 16.4 Å². The minimum absolute atomic E-state index is 0.00366. The summed E-state index contributed by atoms with van der Waals surface area (Å²) in [7, 11) is 1.63. The van der Waals surface area contributed by atoms with E-state index >= 15 is 0 Å². The van der Waals surface area contributed by atoms with Crippen molar-refractivity contribution in [2.24, 2.45) is 7.05 Å². The predicted octanol–water partition coefficient (Wildman–Crippen LogP) is 4.73. The number of thiophene rings is 1. The Morgan fingerprint density at radius 3 is 2.54 bits per heavy atom. The number of aromatic hydroxyl groups is 3. The molecule has 0 atom stereocenters. The van der Waals surface area contributed by atoms with E-state index in [1.807, 2.05) is 23.1 Å². The van der Waals surface area contributed by atoms with Gasteiger partial charge in [0.05, 0.1) is 5.69 Å². The van der Waals surface area contributed by atoms with E-state index in [0.717, 1.165) is 26.3 Å². The van der Waals surface area contributed by atoms with E-state index in [-0.39, 0.29) is 17.5 Å². The molecule has 3 heterocycles. The van der Waals surface area contributed by atoms with Crippen LogP contribution in [0.25, 0.3) is 10.1 Å². The van der Waals surface area contributed by atoms with Gasteiger partial charge in [0.25, 0.3) is 0 Å². The second kappa shape index (κ2) is 5.19. The number of hydrogen-bond acceptors (Lipinski definition) is 5. The molecule has 130 valence electrons. The molecule has 4 aromatic rings. The predicted molar refractivity (Wildman–Crippen MR) is 103 cm³/mol. The van der Waals surface area contributed by atoms with Gasteiger partial charge in [-0.1, -0.05) is 24.3 Å². The molecule has 2 aromatic heterocycles. The lowest BCUT2D eigenvalue weighted by atomic mass is 9.99. The smallest absolute Gasteiger partial charge is 0.219 e. The summed E-state index contributed by atoms with van der Waals surface area (Å²) in [4.78, 5) is 1.92. The van der Waals surface area contributed by atoms with Gasteiger partial charge in [-0.25, -0.2) is 0 Å². The van der Waals surface area contributed by atoms with Gasteiger partial charge in [-0.3, -0.25) is 9.47 Å². The van der Waals surface area contributed by atoms with Gasteiger partial charge in [0.2, 0.25) is 5.88 Å². The molecule has 1 aliphatic heterocycles. The SMILES string of the molecule is Cn1c(O)c2c(c1O)N(c1cccc(O)c1)c1sc3ccccc3c1C2. The molecule has 3 N–H and O–H groups in total. The van der Waals surface area contributed by atoms with E-state index < -0.39 is 0 Å². The van der Waals surface area contributed by atoms with Crippen molar-refractivity contribution in [3.63, 3.8) is 0 Å². The molecule has 2 aromatic carbocycles. The van der Waals surface area contributed by atoms with Crippen LogP contribution in [-0.2, 0) is 13.5 Å². The first-order valence-corrected chi connectivity index (χ1v) is 9.07. The molecular weight excluding hydrogens is 348 g/mol. The number of phenols is 1. The van der Waals surface area contributed by atoms with Crippen LogP contribution in [0.2, 0.25) is 0 Å². The van der Waals surface area contributed by atoms with Crippen molar-refractivity contribution < 1.29 is 15.3 Å². The van der Waals surface area contributed by atoms with Crippen LogP contribution in [0.5, 0.6) is 17.5 Å². The van der Waals surface area contributed by atoms with Gasteiger partial charge in [-0.2, -0.15) is 0 Å². The number of nitrogens with zero attached hydrogens (tertiary/aromatic N) is 2. The van der Waals surface area contributed by atoms with Gasteiger partial charge in [-0.05, 0) is 29.1 Å². The summed E-state index contributed by atoms with van der Waals surface area (Å²) in [5.41, 5.74) is 3.10. The van der Waals surface area contributed by atoms with Gasteiger partial charge < -0.3 is 15.3 Å². The highest BCUT2D eigenvalue weighted by Gasteiger charge is 2.35. The van der Waals surface area contributed by atoms with Crippen LogP contribution in [0.15, 0.2) is 48.5 Å². The first-order valence-electron chi connectivity index (χ1n) is 8.25. The van der Waals surface area contributed by atoms with E-state index in [9.17, 15) is 15.3 Å². The summed E-state index contributed by atoms with van der Waals surface area (Å²) in [6.07, 6.45) is 0.546. The molecule has 0 unspecified atom stereocenters. The summed E-state index contributed by atoms with van der Waals surface area (Å²) in [5, 5.41) is 33.3. The van der Waals surface area contributed by atoms with Crippen molar-refractivity contribution >= 4 is 37.8 Å². The highest BCUT2D eigenvalue weighted by Crippen LogP contribution is 2.56. The monoisotopic (exact) mass is 364 g/mol. The molecule has 5 nitrogen and oxygen atoms in total. The molecular formula is C20H16N2O3S. The maximum absolute atomic E-state index is 10.7. The molecule has 0 amide bonds. The summed E-state index contributed by atoms with van der Waals surface area (Å²) in [6, 6.07) is 15.1. The van der Waals surface area contributed by atoms with Gasteiger partial charge in [-0.15, -0.1) is 11.3 Å². The normalized spacial score (nSPS) is 13.0. The maximum Gasteiger partial charge on any atom is 0.219 e. The maximum atomic E-state index is 10.7. The van der Waals surface area contributed by atoms with Crippen molar-refractivity contribution in [2.45, 2.75) is 6.42 Å². The number of fused-ring (bicyclic) bond motifs is 4. The third-order valence-corrected chi connectivity index (χ3v) is 6.15. The zero-order chi connectivity index (χ0) is 18.0. The standard InChI is InChI=1S/C20H16N2O3S/c1-21-18(24)15-10-14-13-7-2-3-8-16(13)26-20(14)22(17(15)19(21)25)11-5-4-6-12(23)9-11/h2-9,23-25H,10H2,1H3. The zero-order valence-corrected chi connectivity index (χ0v) is 14.8. The lowest BCUT2D eigenvalue weighted by molar-refractivity contribution is 0.386. The Bertz CT molecular complexity index is 1180. The van der Waals surface area contributed by atoms with Crippen LogP contribution in [0, 0.1) is 0 Å². The average molecular weight is 364 g/mol. The summed E-state index contributed by atoms with van der Waals surface area (Å²) < 4.78 is 2.54. The van der Waals surface area contributed by atoms with Crippen molar-refractivity contribution in [2.75, 3.05) is 4.90 Å². The highest BCUT2D eigenvalue weighted by molar-refractivity contribution is 7.23. The number of aromatic nitrogens is 1. The lowest BCUT2D eigenvalue weighted by Gasteiger charge is -2.29. The van der Waals surface area contributed by atoms with E-state index in [4.69, 9.17) is 0 Å². The van der Waals surface area contributed by atoms with Crippen LogP contribution in [0.3, 0.4) is 0 Å². The Balaban J connectivity index is 1.87. The van der Waals surface area contributed by atoms with E-state index in [2.05, 4.69) is 12.1 Å². The van der Waals surface area contributed by atoms with Gasteiger partial charge >= 0.3 is 0 Å². The van der Waals surface area contributed by atoms with Gasteiger partial charge in [0.1, 0.15) is 16.4 Å². The largest absolute Gasteiger partial charge is 0.508 e. The lowest BCUT2D eigenvalue weighted by Crippen LogP contribution is -2.15. The van der Waals surface area contributed by atoms with Crippen molar-refractivity contribution in [3.05, 3.63) is 59.7 Å². The Kier molecular flexibility index (Phi) is 3.02. The molecule has 26 heavy (non-hydrogen) atoms. The zero-order valence-electron chi connectivity index (χ0n) is 14.0. The minimum Gasteiger partial charge on any atom is -0.508 e. The first kappa shape index (κ1) is 15.2. The third-order valence-electron chi connectivity index (χ3n) is 4.95. The quantitative estimate of drug-likeness (QED) is 0.402. The van der Waals surface area contributed by atoms with Crippen molar-refractivity contribution in [1.29, 1.82) is 0 Å². The summed E-state index contributed by atoms with van der Waals surface area (Å²) in [5.74, 6) is 0.212. The molecule has 0 bridgehead atoms. The number of anilines is 3.